The Morgan fingerprint density at radius 3 is 2.60 bits per heavy atom. The van der Waals surface area contributed by atoms with Gasteiger partial charge in [-0.25, -0.2) is 4.98 Å². The lowest BCUT2D eigenvalue weighted by molar-refractivity contribution is 0.0892. The molecule has 1 heterocycles. The van der Waals surface area contributed by atoms with E-state index in [1.165, 1.54) is 6.42 Å². The number of nitrogens with one attached hydrogen (secondary N) is 2. The predicted molar refractivity (Wildman–Crippen MR) is 121 cm³/mol. The molecular formula is C25H29N3O2. The maximum atomic E-state index is 13.3. The summed E-state index contributed by atoms with van der Waals surface area (Å²) in [7, 11) is 1.64. The fourth-order valence-corrected chi connectivity index (χ4v) is 4.28. The van der Waals surface area contributed by atoms with Crippen molar-refractivity contribution in [1.29, 1.82) is 0 Å². The zero-order chi connectivity index (χ0) is 21.1. The number of rotatable bonds is 5. The highest BCUT2D eigenvalue weighted by Gasteiger charge is 2.28. The van der Waals surface area contributed by atoms with Gasteiger partial charge < -0.3 is 15.4 Å². The average molecular weight is 404 g/mol. The molecule has 1 aliphatic carbocycles. The minimum atomic E-state index is -0.0302. The summed E-state index contributed by atoms with van der Waals surface area (Å²) in [6.45, 7) is 4.53. The van der Waals surface area contributed by atoms with Gasteiger partial charge in [0.1, 0.15) is 11.6 Å². The van der Waals surface area contributed by atoms with E-state index < -0.39 is 0 Å². The second-order valence-corrected chi connectivity index (χ2v) is 8.27. The van der Waals surface area contributed by atoms with Crippen molar-refractivity contribution in [1.82, 2.24) is 10.3 Å². The number of amides is 1. The summed E-state index contributed by atoms with van der Waals surface area (Å²) in [5.74, 6) is 2.52. The second kappa shape index (κ2) is 8.74. The van der Waals surface area contributed by atoms with Crippen LogP contribution in [0, 0.1) is 11.8 Å². The number of methoxy groups -OCH3 is 1. The molecule has 5 nitrogen and oxygen atoms in total. The molecule has 1 fully saturated rings. The van der Waals surface area contributed by atoms with Gasteiger partial charge in [0.15, 0.2) is 0 Å². The summed E-state index contributed by atoms with van der Waals surface area (Å²) >= 11 is 0. The van der Waals surface area contributed by atoms with Crippen molar-refractivity contribution < 1.29 is 9.53 Å². The van der Waals surface area contributed by atoms with Gasteiger partial charge in [-0.1, -0.05) is 44.9 Å². The summed E-state index contributed by atoms with van der Waals surface area (Å²) in [6, 6.07) is 17.5. The smallest absolute Gasteiger partial charge is 0.252 e. The maximum absolute atomic E-state index is 13.3. The molecule has 0 bridgehead atoms. The molecule has 3 unspecified atom stereocenters. The van der Waals surface area contributed by atoms with Crippen molar-refractivity contribution in [3.63, 3.8) is 0 Å². The number of nitrogens with zero attached hydrogens (tertiary/aromatic N) is 1. The van der Waals surface area contributed by atoms with Gasteiger partial charge in [0, 0.05) is 17.1 Å². The topological polar surface area (TPSA) is 63.2 Å². The molecule has 0 saturated heterocycles. The number of fused-ring (bicyclic) bond motifs is 1. The molecule has 0 radical (unpaired) electrons. The Labute approximate surface area is 177 Å². The van der Waals surface area contributed by atoms with E-state index in [4.69, 9.17) is 9.72 Å². The molecule has 0 aliphatic heterocycles. The Hall–Kier alpha value is -3.08. The number of anilines is 2. The number of hydrogen-bond acceptors (Lipinski definition) is 4. The molecule has 30 heavy (non-hydrogen) atoms. The normalized spacial score (nSPS) is 21.2. The number of aromatic nitrogens is 1. The zero-order valence-electron chi connectivity index (χ0n) is 17.8. The van der Waals surface area contributed by atoms with Gasteiger partial charge in [-0.15, -0.1) is 0 Å². The van der Waals surface area contributed by atoms with Crippen molar-refractivity contribution in [2.45, 2.75) is 39.2 Å². The minimum absolute atomic E-state index is 0.0302. The largest absolute Gasteiger partial charge is 0.497 e. The quantitative estimate of drug-likeness (QED) is 0.587. The fraction of sp³-hybridized carbons (Fsp3) is 0.360. The Morgan fingerprint density at radius 1 is 1.07 bits per heavy atom. The summed E-state index contributed by atoms with van der Waals surface area (Å²) in [4.78, 5) is 18.0. The molecule has 1 amide bonds. The number of benzene rings is 2. The molecule has 3 atom stereocenters. The van der Waals surface area contributed by atoms with Crippen LogP contribution in [0.3, 0.4) is 0 Å². The number of para-hydroxylation sites is 1. The van der Waals surface area contributed by atoms with Crippen molar-refractivity contribution in [3.8, 4) is 5.75 Å². The van der Waals surface area contributed by atoms with Gasteiger partial charge in [-0.05, 0) is 54.7 Å². The SMILES string of the molecule is COc1ccc(Nc2cc(C(=O)NC3CCCC(C)C3C)c3ccccc3n2)cc1. The first-order valence-corrected chi connectivity index (χ1v) is 10.7. The predicted octanol–water partition coefficient (Wildman–Crippen LogP) is 5.54. The molecule has 3 aromatic rings. The van der Waals surface area contributed by atoms with Crippen LogP contribution in [0.15, 0.2) is 54.6 Å². The summed E-state index contributed by atoms with van der Waals surface area (Å²) < 4.78 is 5.22. The molecular weight excluding hydrogens is 374 g/mol. The number of carbonyl (C=O) groups excluding carboxylic acids is 1. The standard InChI is InChI=1S/C25H29N3O2/c1-16-7-6-10-22(17(16)2)28-25(29)21-15-24(27-23-9-5-4-8-20(21)23)26-18-11-13-19(30-3)14-12-18/h4-5,8-9,11-17,22H,6-7,10H2,1-3H3,(H,26,27)(H,28,29). The highest BCUT2D eigenvalue weighted by atomic mass is 16.5. The van der Waals surface area contributed by atoms with Crippen LogP contribution in [0.5, 0.6) is 5.75 Å². The molecule has 156 valence electrons. The average Bonchev–Trinajstić information content (AvgIpc) is 2.77. The van der Waals surface area contributed by atoms with Crippen LogP contribution in [0.4, 0.5) is 11.5 Å². The third kappa shape index (κ3) is 4.25. The summed E-state index contributed by atoms with van der Waals surface area (Å²) in [5, 5.41) is 7.49. The summed E-state index contributed by atoms with van der Waals surface area (Å²) in [6.07, 6.45) is 3.44. The fourth-order valence-electron chi connectivity index (χ4n) is 4.28. The lowest BCUT2D eigenvalue weighted by Crippen LogP contribution is -2.43. The van der Waals surface area contributed by atoms with Crippen LogP contribution in [-0.2, 0) is 0 Å². The summed E-state index contributed by atoms with van der Waals surface area (Å²) in [5.41, 5.74) is 2.34. The molecule has 1 saturated carbocycles. The second-order valence-electron chi connectivity index (χ2n) is 8.27. The van der Waals surface area contributed by atoms with Crippen molar-refractivity contribution >= 4 is 28.3 Å². The van der Waals surface area contributed by atoms with E-state index in [0.717, 1.165) is 35.2 Å². The Kier molecular flexibility index (Phi) is 5.88. The first-order chi connectivity index (χ1) is 14.5. The van der Waals surface area contributed by atoms with Crippen LogP contribution >= 0.6 is 0 Å². The Morgan fingerprint density at radius 2 is 1.83 bits per heavy atom. The van der Waals surface area contributed by atoms with Crippen molar-refractivity contribution in [2.24, 2.45) is 11.8 Å². The number of ether oxygens (including phenoxy) is 1. The zero-order valence-corrected chi connectivity index (χ0v) is 17.8. The van der Waals surface area contributed by atoms with Gasteiger partial charge in [0.05, 0.1) is 18.2 Å². The molecule has 2 N–H and O–H groups in total. The van der Waals surface area contributed by atoms with Crippen LogP contribution in [-0.4, -0.2) is 24.0 Å². The van der Waals surface area contributed by atoms with Gasteiger partial charge >= 0.3 is 0 Å². The Bertz CT molecular complexity index is 1030. The number of hydrogen-bond donors (Lipinski definition) is 2. The van der Waals surface area contributed by atoms with E-state index in [2.05, 4.69) is 24.5 Å². The van der Waals surface area contributed by atoms with E-state index in [0.29, 0.717) is 23.2 Å². The van der Waals surface area contributed by atoms with Crippen molar-refractivity contribution in [2.75, 3.05) is 12.4 Å². The maximum Gasteiger partial charge on any atom is 0.252 e. The minimum Gasteiger partial charge on any atom is -0.497 e. The van der Waals surface area contributed by atoms with E-state index in [1.54, 1.807) is 7.11 Å². The van der Waals surface area contributed by atoms with Crippen molar-refractivity contribution in [3.05, 3.63) is 60.2 Å². The monoisotopic (exact) mass is 403 g/mol. The molecule has 2 aromatic carbocycles. The van der Waals surface area contributed by atoms with E-state index in [1.807, 2.05) is 54.6 Å². The van der Waals surface area contributed by atoms with Crippen LogP contribution in [0.25, 0.3) is 10.9 Å². The molecule has 4 rings (SSSR count). The van der Waals surface area contributed by atoms with E-state index >= 15 is 0 Å². The highest BCUT2D eigenvalue weighted by Crippen LogP contribution is 2.30. The first kappa shape index (κ1) is 20.2. The number of carbonyl (C=O) groups is 1. The molecule has 1 aromatic heterocycles. The van der Waals surface area contributed by atoms with Gasteiger partial charge in [0.25, 0.3) is 5.91 Å². The molecule has 5 heteroatoms. The third-order valence-corrected chi connectivity index (χ3v) is 6.35. The lowest BCUT2D eigenvalue weighted by Gasteiger charge is -2.34. The van der Waals surface area contributed by atoms with Crippen LogP contribution < -0.4 is 15.4 Å². The molecule has 1 aliphatic rings. The Balaban J connectivity index is 1.63. The van der Waals surface area contributed by atoms with Crippen LogP contribution in [0.2, 0.25) is 0 Å². The van der Waals surface area contributed by atoms with Gasteiger partial charge in [0.2, 0.25) is 0 Å². The molecule has 0 spiro atoms. The highest BCUT2D eigenvalue weighted by molar-refractivity contribution is 6.07. The lowest BCUT2D eigenvalue weighted by atomic mass is 9.78. The number of pyridine rings is 1. The van der Waals surface area contributed by atoms with Crippen LogP contribution in [0.1, 0.15) is 43.5 Å². The first-order valence-electron chi connectivity index (χ1n) is 10.7. The van der Waals surface area contributed by atoms with E-state index in [-0.39, 0.29) is 11.9 Å². The third-order valence-electron chi connectivity index (χ3n) is 6.35. The van der Waals surface area contributed by atoms with Gasteiger partial charge in [-0.2, -0.15) is 0 Å². The van der Waals surface area contributed by atoms with E-state index in [9.17, 15) is 4.79 Å². The van der Waals surface area contributed by atoms with Gasteiger partial charge in [-0.3, -0.25) is 4.79 Å².